The van der Waals surface area contributed by atoms with Crippen molar-refractivity contribution in [2.75, 3.05) is 13.7 Å². The maximum absolute atomic E-state index is 12.1. The Balaban J connectivity index is 2.65. The Morgan fingerprint density at radius 3 is 2.57 bits per heavy atom. The molecule has 1 aromatic rings. The Labute approximate surface area is 138 Å². The van der Waals surface area contributed by atoms with Crippen molar-refractivity contribution in [2.24, 2.45) is 0 Å². The predicted molar refractivity (Wildman–Crippen MR) is 89.5 cm³/mol. The van der Waals surface area contributed by atoms with Crippen LogP contribution in [0.3, 0.4) is 0 Å². The molecule has 1 amide bonds. The van der Waals surface area contributed by atoms with Gasteiger partial charge in [0.05, 0.1) is 7.11 Å². The first-order valence-electron chi connectivity index (χ1n) is 7.94. The van der Waals surface area contributed by atoms with Gasteiger partial charge in [-0.2, -0.15) is 0 Å². The van der Waals surface area contributed by atoms with Gasteiger partial charge in [-0.3, -0.25) is 4.79 Å². The van der Waals surface area contributed by atoms with Crippen LogP contribution in [0.4, 0.5) is 0 Å². The summed E-state index contributed by atoms with van der Waals surface area (Å²) in [5, 5.41) is 2.71. The van der Waals surface area contributed by atoms with Gasteiger partial charge in [0.25, 0.3) is 5.91 Å². The molecule has 0 fully saturated rings. The fourth-order valence-electron chi connectivity index (χ4n) is 2.40. The van der Waals surface area contributed by atoms with Crippen LogP contribution in [-0.4, -0.2) is 31.1 Å². The lowest BCUT2D eigenvalue weighted by atomic mass is 9.96. The van der Waals surface area contributed by atoms with Crippen LogP contribution in [0.25, 0.3) is 0 Å². The van der Waals surface area contributed by atoms with E-state index in [0.29, 0.717) is 18.1 Å². The highest BCUT2D eigenvalue weighted by molar-refractivity contribution is 5.88. The van der Waals surface area contributed by atoms with Gasteiger partial charge >= 0.3 is 5.97 Å². The molecule has 1 rings (SSSR count). The molecule has 1 N–H and O–H groups in total. The van der Waals surface area contributed by atoms with Crippen molar-refractivity contribution < 1.29 is 19.1 Å². The van der Waals surface area contributed by atoms with Crippen LogP contribution >= 0.6 is 0 Å². The van der Waals surface area contributed by atoms with E-state index in [4.69, 9.17) is 9.47 Å². The lowest BCUT2D eigenvalue weighted by Crippen LogP contribution is -2.53. The van der Waals surface area contributed by atoms with E-state index in [2.05, 4.69) is 19.2 Å². The van der Waals surface area contributed by atoms with Crippen LogP contribution in [0.5, 0.6) is 5.75 Å². The van der Waals surface area contributed by atoms with Crippen LogP contribution in [0.2, 0.25) is 0 Å². The van der Waals surface area contributed by atoms with Crippen molar-refractivity contribution in [3.63, 3.8) is 0 Å². The van der Waals surface area contributed by atoms with Gasteiger partial charge in [0.2, 0.25) is 0 Å². The molecule has 0 spiro atoms. The molecule has 5 nitrogen and oxygen atoms in total. The molecule has 0 aliphatic heterocycles. The number of hydrogen-bond donors (Lipinski definition) is 1. The maximum atomic E-state index is 12.1. The van der Waals surface area contributed by atoms with E-state index >= 15 is 0 Å². The Hall–Kier alpha value is -2.04. The van der Waals surface area contributed by atoms with Crippen molar-refractivity contribution in [2.45, 2.75) is 52.0 Å². The number of nitrogens with one attached hydrogen (secondary N) is 1. The summed E-state index contributed by atoms with van der Waals surface area (Å²) in [4.78, 5) is 24.0. The second-order valence-electron chi connectivity index (χ2n) is 6.14. The summed E-state index contributed by atoms with van der Waals surface area (Å²) in [6.07, 6.45) is 1.26. The highest BCUT2D eigenvalue weighted by Crippen LogP contribution is 2.20. The van der Waals surface area contributed by atoms with Crippen molar-refractivity contribution in [1.29, 1.82) is 0 Å². The van der Waals surface area contributed by atoms with Crippen LogP contribution in [-0.2, 0) is 14.3 Å². The van der Waals surface area contributed by atoms with Crippen molar-refractivity contribution in [1.82, 2.24) is 5.32 Å². The van der Waals surface area contributed by atoms with Crippen LogP contribution < -0.4 is 10.1 Å². The minimum absolute atomic E-state index is 0.141. The Bertz CT molecular complexity index is 542. The van der Waals surface area contributed by atoms with E-state index in [1.165, 1.54) is 7.11 Å². The first-order chi connectivity index (χ1) is 10.8. The maximum Gasteiger partial charge on any atom is 0.331 e. The summed E-state index contributed by atoms with van der Waals surface area (Å²) >= 11 is 0. The fraction of sp³-hybridized carbons (Fsp3) is 0.556. The fourth-order valence-corrected chi connectivity index (χ4v) is 2.40. The Morgan fingerprint density at radius 1 is 1.30 bits per heavy atom. The third-order valence-electron chi connectivity index (χ3n) is 3.70. The zero-order valence-electron chi connectivity index (χ0n) is 14.6. The summed E-state index contributed by atoms with van der Waals surface area (Å²) in [6, 6.07) is 7.65. The number of hydrogen-bond acceptors (Lipinski definition) is 4. The first kappa shape index (κ1) is 19.0. The van der Waals surface area contributed by atoms with Gasteiger partial charge in [-0.1, -0.05) is 39.3 Å². The molecule has 0 aromatic heterocycles. The summed E-state index contributed by atoms with van der Waals surface area (Å²) < 4.78 is 10.3. The number of carbonyl (C=O) groups is 2. The molecule has 0 aliphatic rings. The van der Waals surface area contributed by atoms with Gasteiger partial charge in [0.15, 0.2) is 6.61 Å². The Morgan fingerprint density at radius 2 is 2.00 bits per heavy atom. The molecule has 128 valence electrons. The minimum Gasteiger partial charge on any atom is -0.484 e. The van der Waals surface area contributed by atoms with Crippen LogP contribution in [0.1, 0.15) is 52.0 Å². The van der Waals surface area contributed by atoms with E-state index < -0.39 is 11.5 Å². The van der Waals surface area contributed by atoms with Gasteiger partial charge in [-0.15, -0.1) is 0 Å². The number of amides is 1. The average Bonchev–Trinajstić information content (AvgIpc) is 2.52. The van der Waals surface area contributed by atoms with E-state index in [9.17, 15) is 9.59 Å². The molecule has 0 radical (unpaired) electrons. The predicted octanol–water partition coefficient (Wildman–Crippen LogP) is 3.04. The third-order valence-corrected chi connectivity index (χ3v) is 3.70. The molecule has 1 unspecified atom stereocenters. The van der Waals surface area contributed by atoms with Crippen LogP contribution in [0, 0.1) is 0 Å². The number of carbonyl (C=O) groups excluding carboxylic acids is 2. The molecular formula is C18H27NO4. The molecule has 5 heteroatoms. The molecule has 23 heavy (non-hydrogen) atoms. The van der Waals surface area contributed by atoms with Gasteiger partial charge < -0.3 is 14.8 Å². The second kappa shape index (κ2) is 8.56. The molecule has 0 heterocycles. The summed E-state index contributed by atoms with van der Waals surface area (Å²) in [5.41, 5.74) is 0.122. The molecular weight excluding hydrogens is 294 g/mol. The summed E-state index contributed by atoms with van der Waals surface area (Å²) in [6.45, 7) is 7.66. The van der Waals surface area contributed by atoms with Crippen molar-refractivity contribution in [3.05, 3.63) is 29.8 Å². The highest BCUT2D eigenvalue weighted by Gasteiger charge is 2.35. The largest absolute Gasteiger partial charge is 0.484 e. The lowest BCUT2D eigenvalue weighted by Gasteiger charge is -2.27. The summed E-state index contributed by atoms with van der Waals surface area (Å²) in [7, 11) is 1.32. The zero-order valence-corrected chi connectivity index (χ0v) is 14.6. The van der Waals surface area contributed by atoms with E-state index in [-0.39, 0.29) is 12.5 Å². The number of ether oxygens (including phenoxy) is 2. The third kappa shape index (κ3) is 5.58. The summed E-state index contributed by atoms with van der Waals surface area (Å²) in [5.74, 6) is 0.233. The zero-order chi connectivity index (χ0) is 17.5. The number of esters is 1. The highest BCUT2D eigenvalue weighted by atomic mass is 16.5. The molecule has 1 aromatic carbocycles. The van der Waals surface area contributed by atoms with Crippen molar-refractivity contribution >= 4 is 11.9 Å². The number of rotatable bonds is 8. The standard InChI is InChI=1S/C18H27NO4/c1-6-10-18(4,17(21)22-5)19-16(20)12-23-15-9-7-8-14(11-15)13(2)3/h7-9,11,13H,6,10,12H2,1-5H3,(H,19,20). The number of methoxy groups -OCH3 is 1. The topological polar surface area (TPSA) is 64.6 Å². The molecule has 0 saturated heterocycles. The van der Waals surface area contributed by atoms with Gasteiger partial charge in [-0.25, -0.2) is 4.79 Å². The second-order valence-corrected chi connectivity index (χ2v) is 6.14. The van der Waals surface area contributed by atoms with E-state index in [1.54, 1.807) is 6.92 Å². The average molecular weight is 321 g/mol. The normalized spacial score (nSPS) is 13.3. The smallest absolute Gasteiger partial charge is 0.331 e. The molecule has 1 atom stereocenters. The lowest BCUT2D eigenvalue weighted by molar-refractivity contribution is -0.150. The Kier molecular flexibility index (Phi) is 7.07. The molecule has 0 aliphatic carbocycles. The van der Waals surface area contributed by atoms with Crippen molar-refractivity contribution in [3.8, 4) is 5.75 Å². The quantitative estimate of drug-likeness (QED) is 0.748. The van der Waals surface area contributed by atoms with Crippen LogP contribution in [0.15, 0.2) is 24.3 Å². The number of benzene rings is 1. The SMILES string of the molecule is CCCC(C)(NC(=O)COc1cccc(C(C)C)c1)C(=O)OC. The van der Waals surface area contributed by atoms with Gasteiger partial charge in [0, 0.05) is 0 Å². The monoisotopic (exact) mass is 321 g/mol. The minimum atomic E-state index is -1.02. The van der Waals surface area contributed by atoms with Gasteiger partial charge in [-0.05, 0) is 37.0 Å². The van der Waals surface area contributed by atoms with E-state index in [1.807, 2.05) is 31.2 Å². The van der Waals surface area contributed by atoms with E-state index in [0.717, 1.165) is 12.0 Å². The van der Waals surface area contributed by atoms with Gasteiger partial charge in [0.1, 0.15) is 11.3 Å². The molecule has 0 saturated carbocycles. The first-order valence-corrected chi connectivity index (χ1v) is 7.94. The molecule has 0 bridgehead atoms.